The maximum atomic E-state index is 11.3. The molecule has 3 heteroatoms. The number of phenols is 1. The number of rotatable bonds is 5. The van der Waals surface area contributed by atoms with Crippen molar-refractivity contribution in [1.82, 2.24) is 0 Å². The number of hydrogen-bond acceptors (Lipinski definition) is 3. The van der Waals surface area contributed by atoms with Crippen LogP contribution < -0.4 is 0 Å². The molecular weight excluding hydrogens is 228 g/mol. The van der Waals surface area contributed by atoms with E-state index in [0.717, 1.165) is 18.4 Å². The zero-order chi connectivity index (χ0) is 14.0. The number of carbonyl (C=O) groups is 1. The van der Waals surface area contributed by atoms with Crippen LogP contribution in [-0.2, 0) is 9.53 Å². The summed E-state index contributed by atoms with van der Waals surface area (Å²) in [5.41, 5.74) is 0.993. The number of benzene rings is 1. The summed E-state index contributed by atoms with van der Waals surface area (Å²) in [7, 11) is 1.40. The lowest BCUT2D eigenvalue weighted by molar-refractivity contribution is -0.141. The first-order valence-electron chi connectivity index (χ1n) is 6.53. The summed E-state index contributed by atoms with van der Waals surface area (Å²) in [5, 5.41) is 9.41. The van der Waals surface area contributed by atoms with Crippen molar-refractivity contribution in [1.29, 1.82) is 0 Å². The van der Waals surface area contributed by atoms with Gasteiger partial charge >= 0.3 is 5.97 Å². The van der Waals surface area contributed by atoms with E-state index >= 15 is 0 Å². The predicted octanol–water partition coefficient (Wildman–Crippen LogP) is 3.87. The maximum absolute atomic E-state index is 11.3. The topological polar surface area (TPSA) is 46.5 Å². The Kier molecular flexibility index (Phi) is 8.71. The molecule has 0 spiro atoms. The second-order valence-electron chi connectivity index (χ2n) is 3.86. The molecule has 1 rings (SSSR count). The van der Waals surface area contributed by atoms with Crippen LogP contribution in [0, 0.1) is 0 Å². The summed E-state index contributed by atoms with van der Waals surface area (Å²) in [6.45, 7) is 6.08. The van der Waals surface area contributed by atoms with E-state index < -0.39 is 0 Å². The van der Waals surface area contributed by atoms with Crippen LogP contribution in [0.15, 0.2) is 24.3 Å². The Morgan fingerprint density at radius 1 is 1.39 bits per heavy atom. The minimum absolute atomic E-state index is 0.129. The van der Waals surface area contributed by atoms with Gasteiger partial charge in [0.2, 0.25) is 0 Å². The lowest BCUT2D eigenvalue weighted by Gasteiger charge is -2.15. The highest BCUT2D eigenvalue weighted by Gasteiger charge is 2.15. The van der Waals surface area contributed by atoms with E-state index in [-0.39, 0.29) is 17.6 Å². The van der Waals surface area contributed by atoms with Crippen molar-refractivity contribution < 1.29 is 14.6 Å². The third kappa shape index (κ3) is 5.71. The van der Waals surface area contributed by atoms with Crippen LogP contribution in [0.5, 0.6) is 5.75 Å². The van der Waals surface area contributed by atoms with Crippen molar-refractivity contribution in [2.75, 3.05) is 7.11 Å². The van der Waals surface area contributed by atoms with Crippen LogP contribution in [0.2, 0.25) is 0 Å². The number of phenolic OH excluding ortho intramolecular Hbond substituents is 1. The molecule has 1 unspecified atom stereocenters. The Morgan fingerprint density at radius 2 is 2.06 bits per heavy atom. The molecular formula is C15H24O3. The monoisotopic (exact) mass is 252 g/mol. The van der Waals surface area contributed by atoms with E-state index in [1.807, 2.05) is 19.9 Å². The number of aromatic hydroxyl groups is 1. The van der Waals surface area contributed by atoms with Gasteiger partial charge < -0.3 is 9.84 Å². The second-order valence-corrected chi connectivity index (χ2v) is 3.86. The largest absolute Gasteiger partial charge is 0.508 e. The van der Waals surface area contributed by atoms with Gasteiger partial charge in [-0.3, -0.25) is 4.79 Å². The summed E-state index contributed by atoms with van der Waals surface area (Å²) in [5.74, 6) is 0.162. The summed E-state index contributed by atoms with van der Waals surface area (Å²) in [4.78, 5) is 11.3. The van der Waals surface area contributed by atoms with Crippen LogP contribution in [0.25, 0.3) is 0 Å². The Balaban J connectivity index is 0.00000137. The van der Waals surface area contributed by atoms with Crippen molar-refractivity contribution in [3.8, 4) is 5.75 Å². The minimum Gasteiger partial charge on any atom is -0.508 e. The molecule has 0 aliphatic heterocycles. The van der Waals surface area contributed by atoms with Crippen LogP contribution in [0.4, 0.5) is 0 Å². The van der Waals surface area contributed by atoms with Gasteiger partial charge in [0.1, 0.15) is 5.75 Å². The van der Waals surface area contributed by atoms with Gasteiger partial charge in [-0.05, 0) is 30.0 Å². The number of ether oxygens (including phenoxy) is 1. The highest BCUT2D eigenvalue weighted by molar-refractivity contribution is 5.70. The van der Waals surface area contributed by atoms with E-state index in [9.17, 15) is 9.90 Å². The molecule has 0 aromatic heterocycles. The third-order valence-electron chi connectivity index (χ3n) is 2.62. The molecule has 0 bridgehead atoms. The average molecular weight is 252 g/mol. The van der Waals surface area contributed by atoms with Crippen molar-refractivity contribution in [3.63, 3.8) is 0 Å². The van der Waals surface area contributed by atoms with Crippen molar-refractivity contribution in [2.24, 2.45) is 0 Å². The predicted molar refractivity (Wildman–Crippen MR) is 73.7 cm³/mol. The molecule has 0 saturated carbocycles. The Morgan fingerprint density at radius 3 is 2.56 bits per heavy atom. The number of hydrogen-bond donors (Lipinski definition) is 1. The van der Waals surface area contributed by atoms with E-state index in [1.54, 1.807) is 18.2 Å². The Hall–Kier alpha value is -1.51. The lowest BCUT2D eigenvalue weighted by Crippen LogP contribution is -2.08. The van der Waals surface area contributed by atoms with Gasteiger partial charge in [0.15, 0.2) is 0 Å². The fourth-order valence-corrected chi connectivity index (χ4v) is 1.80. The smallest absolute Gasteiger partial charge is 0.306 e. The molecule has 0 heterocycles. The molecule has 0 aliphatic carbocycles. The van der Waals surface area contributed by atoms with E-state index in [2.05, 4.69) is 11.7 Å². The minimum atomic E-state index is -0.207. The summed E-state index contributed by atoms with van der Waals surface area (Å²) >= 11 is 0. The van der Waals surface area contributed by atoms with E-state index in [0.29, 0.717) is 6.42 Å². The van der Waals surface area contributed by atoms with Crippen molar-refractivity contribution in [3.05, 3.63) is 29.8 Å². The highest BCUT2D eigenvalue weighted by atomic mass is 16.5. The summed E-state index contributed by atoms with van der Waals surface area (Å²) in [6.07, 6.45) is 2.28. The molecule has 0 aliphatic rings. The molecule has 18 heavy (non-hydrogen) atoms. The van der Waals surface area contributed by atoms with Crippen LogP contribution in [0.3, 0.4) is 0 Å². The van der Waals surface area contributed by atoms with Crippen molar-refractivity contribution in [2.45, 2.75) is 46.0 Å². The molecule has 1 aromatic carbocycles. The highest BCUT2D eigenvalue weighted by Crippen LogP contribution is 2.27. The Labute approximate surface area is 110 Å². The molecule has 3 nitrogen and oxygen atoms in total. The van der Waals surface area contributed by atoms with Gasteiger partial charge in [-0.15, -0.1) is 0 Å². The molecule has 0 radical (unpaired) electrons. The standard InChI is InChI=1S/C13H18O3.C2H6/c1-3-5-10(9-13(15)16-2)11-6-4-7-12(14)8-11;1-2/h4,6-8,10,14H,3,5,9H2,1-2H3;1-2H3. The van der Waals surface area contributed by atoms with Gasteiger partial charge in [-0.25, -0.2) is 0 Å². The van der Waals surface area contributed by atoms with Gasteiger partial charge in [0.05, 0.1) is 13.5 Å². The first kappa shape index (κ1) is 16.5. The zero-order valence-corrected chi connectivity index (χ0v) is 11.8. The quantitative estimate of drug-likeness (QED) is 0.809. The molecule has 1 atom stereocenters. The first-order valence-corrected chi connectivity index (χ1v) is 6.53. The summed E-state index contributed by atoms with van der Waals surface area (Å²) in [6, 6.07) is 7.07. The van der Waals surface area contributed by atoms with Crippen LogP contribution in [-0.4, -0.2) is 18.2 Å². The fourth-order valence-electron chi connectivity index (χ4n) is 1.80. The Bertz CT molecular complexity index is 347. The zero-order valence-electron chi connectivity index (χ0n) is 11.8. The normalized spacial score (nSPS) is 11.1. The van der Waals surface area contributed by atoms with E-state index in [4.69, 9.17) is 0 Å². The fraction of sp³-hybridized carbons (Fsp3) is 0.533. The van der Waals surface area contributed by atoms with Gasteiger partial charge in [-0.2, -0.15) is 0 Å². The van der Waals surface area contributed by atoms with Crippen molar-refractivity contribution >= 4 is 5.97 Å². The lowest BCUT2D eigenvalue weighted by atomic mass is 9.91. The first-order chi connectivity index (χ1) is 8.67. The molecule has 102 valence electrons. The molecule has 0 saturated heterocycles. The SMILES string of the molecule is CC.CCCC(CC(=O)OC)c1cccc(O)c1. The molecule has 0 amide bonds. The van der Waals surface area contributed by atoms with Crippen LogP contribution >= 0.6 is 0 Å². The second kappa shape index (κ2) is 9.51. The average Bonchev–Trinajstić information content (AvgIpc) is 2.40. The van der Waals surface area contributed by atoms with Gasteiger partial charge in [0.25, 0.3) is 0 Å². The number of carbonyl (C=O) groups excluding carboxylic acids is 1. The van der Waals surface area contributed by atoms with Gasteiger partial charge in [0, 0.05) is 0 Å². The number of methoxy groups -OCH3 is 1. The third-order valence-corrected chi connectivity index (χ3v) is 2.62. The van der Waals surface area contributed by atoms with Crippen LogP contribution in [0.1, 0.15) is 51.5 Å². The molecule has 0 fully saturated rings. The molecule has 1 aromatic rings. The van der Waals surface area contributed by atoms with E-state index in [1.165, 1.54) is 7.11 Å². The maximum Gasteiger partial charge on any atom is 0.306 e. The summed E-state index contributed by atoms with van der Waals surface area (Å²) < 4.78 is 4.68. The number of esters is 1. The van der Waals surface area contributed by atoms with Gasteiger partial charge in [-0.1, -0.05) is 39.3 Å². The molecule has 1 N–H and O–H groups in total.